The molecule has 1 aliphatic rings. The van der Waals surface area contributed by atoms with Gasteiger partial charge in [0.1, 0.15) is 11.5 Å². The van der Waals surface area contributed by atoms with Crippen LogP contribution in [0.2, 0.25) is 0 Å². The van der Waals surface area contributed by atoms with Crippen LogP contribution in [0.1, 0.15) is 30.1 Å². The highest BCUT2D eigenvalue weighted by atomic mass is 32.1. The summed E-state index contributed by atoms with van der Waals surface area (Å²) in [6.45, 7) is 2.63. The molecule has 2 amide bonds. The van der Waals surface area contributed by atoms with Crippen molar-refractivity contribution in [2.45, 2.75) is 25.8 Å². The summed E-state index contributed by atoms with van der Waals surface area (Å²) >= 11 is 1.44. The van der Waals surface area contributed by atoms with Crippen LogP contribution in [-0.4, -0.2) is 36.7 Å². The molecule has 0 spiro atoms. The normalized spacial score (nSPS) is 17.0. The molecule has 1 atom stereocenters. The van der Waals surface area contributed by atoms with Gasteiger partial charge >= 0.3 is 6.03 Å². The summed E-state index contributed by atoms with van der Waals surface area (Å²) in [6.07, 6.45) is 1.87. The molecular weight excluding hydrogens is 326 g/mol. The van der Waals surface area contributed by atoms with Crippen LogP contribution in [0.25, 0.3) is 0 Å². The Balaban J connectivity index is 1.81. The van der Waals surface area contributed by atoms with Crippen molar-refractivity contribution in [3.63, 3.8) is 0 Å². The lowest BCUT2D eigenvalue weighted by atomic mass is 10.0. The van der Waals surface area contributed by atoms with E-state index >= 15 is 0 Å². The van der Waals surface area contributed by atoms with Crippen molar-refractivity contribution < 1.29 is 14.3 Å². The molecule has 7 heteroatoms. The number of anilines is 1. The van der Waals surface area contributed by atoms with Crippen molar-refractivity contribution in [1.82, 2.24) is 9.88 Å². The summed E-state index contributed by atoms with van der Waals surface area (Å²) in [5, 5.41) is 5.44. The van der Waals surface area contributed by atoms with E-state index in [1.165, 1.54) is 11.3 Å². The second-order valence-electron chi connectivity index (χ2n) is 5.68. The van der Waals surface area contributed by atoms with E-state index in [-0.39, 0.29) is 12.1 Å². The van der Waals surface area contributed by atoms with Crippen molar-refractivity contribution in [3.8, 4) is 11.5 Å². The van der Waals surface area contributed by atoms with E-state index in [2.05, 4.69) is 10.3 Å². The molecule has 1 fully saturated rings. The molecule has 1 saturated heterocycles. The van der Waals surface area contributed by atoms with Crippen molar-refractivity contribution in [2.24, 2.45) is 0 Å². The molecule has 1 aromatic carbocycles. The average Bonchev–Trinajstić information content (AvgIpc) is 3.23. The maximum atomic E-state index is 12.6. The monoisotopic (exact) mass is 347 g/mol. The summed E-state index contributed by atoms with van der Waals surface area (Å²) in [5.41, 5.74) is 1.91. The first-order valence-electron chi connectivity index (χ1n) is 7.84. The molecule has 0 bridgehead atoms. The number of carbonyl (C=O) groups is 1. The average molecular weight is 347 g/mol. The number of nitrogens with zero attached hydrogens (tertiary/aromatic N) is 2. The number of benzene rings is 1. The predicted molar refractivity (Wildman–Crippen MR) is 94.1 cm³/mol. The highest BCUT2D eigenvalue weighted by Gasteiger charge is 2.32. The van der Waals surface area contributed by atoms with Crippen LogP contribution in [-0.2, 0) is 0 Å². The van der Waals surface area contributed by atoms with Gasteiger partial charge in [0.15, 0.2) is 5.13 Å². The zero-order valence-corrected chi connectivity index (χ0v) is 14.9. The van der Waals surface area contributed by atoms with E-state index in [0.717, 1.165) is 42.1 Å². The molecule has 0 aliphatic carbocycles. The lowest BCUT2D eigenvalue weighted by Crippen LogP contribution is -2.34. The fourth-order valence-corrected chi connectivity index (χ4v) is 3.68. The van der Waals surface area contributed by atoms with Crippen LogP contribution in [0.4, 0.5) is 9.93 Å². The predicted octanol–water partition coefficient (Wildman–Crippen LogP) is 3.84. The number of urea groups is 1. The van der Waals surface area contributed by atoms with E-state index in [4.69, 9.17) is 9.47 Å². The summed E-state index contributed by atoms with van der Waals surface area (Å²) in [5.74, 6) is 1.48. The quantitative estimate of drug-likeness (QED) is 0.913. The van der Waals surface area contributed by atoms with E-state index in [1.807, 2.05) is 35.4 Å². The van der Waals surface area contributed by atoms with Gasteiger partial charge in [0.25, 0.3) is 0 Å². The number of ether oxygens (including phenoxy) is 2. The Kier molecular flexibility index (Phi) is 4.89. The lowest BCUT2D eigenvalue weighted by molar-refractivity contribution is 0.206. The zero-order chi connectivity index (χ0) is 17.1. The summed E-state index contributed by atoms with van der Waals surface area (Å²) in [6, 6.07) is 5.60. The number of thiazole rings is 1. The Morgan fingerprint density at radius 3 is 2.88 bits per heavy atom. The second-order valence-corrected chi connectivity index (χ2v) is 6.54. The van der Waals surface area contributed by atoms with Crippen molar-refractivity contribution in [3.05, 3.63) is 34.8 Å². The minimum absolute atomic E-state index is 0.00749. The zero-order valence-electron chi connectivity index (χ0n) is 14.0. The van der Waals surface area contributed by atoms with Gasteiger partial charge in [-0.25, -0.2) is 9.78 Å². The highest BCUT2D eigenvalue weighted by Crippen LogP contribution is 2.39. The maximum Gasteiger partial charge on any atom is 0.324 e. The maximum absolute atomic E-state index is 12.6. The van der Waals surface area contributed by atoms with Crippen molar-refractivity contribution in [2.75, 3.05) is 26.1 Å². The molecule has 0 radical (unpaired) electrons. The van der Waals surface area contributed by atoms with Gasteiger partial charge in [-0.2, -0.15) is 0 Å². The third kappa shape index (κ3) is 3.31. The molecule has 2 heterocycles. The number of aromatic nitrogens is 1. The number of hydrogen-bond acceptors (Lipinski definition) is 5. The molecular formula is C17H21N3O3S. The third-order valence-corrected chi connectivity index (χ3v) is 5.02. The molecule has 0 saturated carbocycles. The van der Waals surface area contributed by atoms with Crippen LogP contribution in [0, 0.1) is 6.92 Å². The number of carbonyl (C=O) groups excluding carboxylic acids is 1. The van der Waals surface area contributed by atoms with E-state index in [0.29, 0.717) is 5.13 Å². The van der Waals surface area contributed by atoms with Crippen LogP contribution in [0.3, 0.4) is 0 Å². The molecule has 3 rings (SSSR count). The summed E-state index contributed by atoms with van der Waals surface area (Å²) < 4.78 is 10.8. The molecule has 6 nitrogen and oxygen atoms in total. The number of rotatable bonds is 4. The molecule has 24 heavy (non-hydrogen) atoms. The first-order valence-corrected chi connectivity index (χ1v) is 8.72. The first-order chi connectivity index (χ1) is 11.6. The Morgan fingerprint density at radius 1 is 1.38 bits per heavy atom. The van der Waals surface area contributed by atoms with Crippen LogP contribution >= 0.6 is 11.3 Å². The molecule has 1 N–H and O–H groups in total. The number of aryl methyl sites for hydroxylation is 1. The fraction of sp³-hybridized carbons (Fsp3) is 0.412. The Labute approximate surface area is 145 Å². The molecule has 128 valence electrons. The number of amides is 2. The van der Waals surface area contributed by atoms with Gasteiger partial charge in [0, 0.05) is 23.6 Å². The number of hydrogen-bond donors (Lipinski definition) is 1. The Hall–Kier alpha value is -2.28. The molecule has 1 unspecified atom stereocenters. The van der Waals surface area contributed by atoms with Gasteiger partial charge in [-0.3, -0.25) is 5.32 Å². The van der Waals surface area contributed by atoms with Crippen LogP contribution < -0.4 is 14.8 Å². The van der Waals surface area contributed by atoms with E-state index < -0.39 is 0 Å². The molecule has 1 aromatic heterocycles. The van der Waals surface area contributed by atoms with Gasteiger partial charge in [-0.1, -0.05) is 0 Å². The minimum Gasteiger partial charge on any atom is -0.497 e. The third-order valence-electron chi connectivity index (χ3n) is 4.15. The van der Waals surface area contributed by atoms with Crippen molar-refractivity contribution >= 4 is 22.5 Å². The topological polar surface area (TPSA) is 63.7 Å². The van der Waals surface area contributed by atoms with E-state index in [9.17, 15) is 4.79 Å². The first kappa shape index (κ1) is 16.6. The summed E-state index contributed by atoms with van der Waals surface area (Å²) in [7, 11) is 3.26. The number of likely N-dealkylation sites (tertiary alicyclic amines) is 1. The van der Waals surface area contributed by atoms with Gasteiger partial charge in [-0.05, 0) is 31.9 Å². The highest BCUT2D eigenvalue weighted by molar-refractivity contribution is 7.13. The van der Waals surface area contributed by atoms with Crippen molar-refractivity contribution in [1.29, 1.82) is 0 Å². The molecule has 2 aromatic rings. The lowest BCUT2D eigenvalue weighted by Gasteiger charge is -2.26. The minimum atomic E-state index is -0.121. The fourth-order valence-electron chi connectivity index (χ4n) is 3.00. The smallest absolute Gasteiger partial charge is 0.324 e. The van der Waals surface area contributed by atoms with Gasteiger partial charge in [-0.15, -0.1) is 11.3 Å². The second kappa shape index (κ2) is 7.09. The van der Waals surface area contributed by atoms with Gasteiger partial charge in [0.05, 0.1) is 26.0 Å². The van der Waals surface area contributed by atoms with Gasteiger partial charge in [0.2, 0.25) is 0 Å². The molecule has 1 aliphatic heterocycles. The number of nitrogens with one attached hydrogen (secondary N) is 1. The van der Waals surface area contributed by atoms with Gasteiger partial charge < -0.3 is 14.4 Å². The number of methoxy groups -OCH3 is 2. The Bertz CT molecular complexity index is 732. The van der Waals surface area contributed by atoms with Crippen LogP contribution in [0.5, 0.6) is 11.5 Å². The SMILES string of the molecule is COc1ccc(C2CCCN2C(=O)Nc2nc(C)cs2)c(OC)c1. The largest absolute Gasteiger partial charge is 0.497 e. The van der Waals surface area contributed by atoms with Crippen LogP contribution in [0.15, 0.2) is 23.6 Å². The Morgan fingerprint density at radius 2 is 2.21 bits per heavy atom. The standard InChI is InChI=1S/C17H21N3O3S/c1-11-10-24-16(18-11)19-17(21)20-8-4-5-14(20)13-7-6-12(22-2)9-15(13)23-3/h6-7,9-10,14H,4-5,8H2,1-3H3,(H,18,19,21). The van der Waals surface area contributed by atoms with E-state index in [1.54, 1.807) is 14.2 Å². The summed E-state index contributed by atoms with van der Waals surface area (Å²) in [4.78, 5) is 18.8.